The van der Waals surface area contributed by atoms with Crippen LogP contribution in [0.5, 0.6) is 0 Å². The van der Waals surface area contributed by atoms with Crippen molar-refractivity contribution in [1.29, 1.82) is 0 Å². The Hall–Kier alpha value is -0.870. The lowest BCUT2D eigenvalue weighted by Crippen LogP contribution is -2.51. The highest BCUT2D eigenvalue weighted by molar-refractivity contribution is 7.10. The highest BCUT2D eigenvalue weighted by atomic mass is 32.1. The van der Waals surface area contributed by atoms with Gasteiger partial charge in [-0.1, -0.05) is 6.07 Å². The summed E-state index contributed by atoms with van der Waals surface area (Å²) < 4.78 is 0. The van der Waals surface area contributed by atoms with Crippen molar-refractivity contribution in [3.63, 3.8) is 0 Å². The summed E-state index contributed by atoms with van der Waals surface area (Å²) in [5.74, 6) is 0.168. The molecule has 3 heterocycles. The van der Waals surface area contributed by atoms with Crippen LogP contribution < -0.4 is 10.6 Å². The first kappa shape index (κ1) is 13.1. The molecule has 4 heteroatoms. The van der Waals surface area contributed by atoms with Crippen molar-refractivity contribution >= 4 is 17.2 Å². The van der Waals surface area contributed by atoms with Gasteiger partial charge in [-0.25, -0.2) is 0 Å². The molecule has 0 aliphatic carbocycles. The number of nitrogens with one attached hydrogen (secondary N) is 2. The Kier molecular flexibility index (Phi) is 3.39. The van der Waals surface area contributed by atoms with Crippen LogP contribution in [0.15, 0.2) is 17.5 Å². The third-order valence-corrected chi connectivity index (χ3v) is 5.71. The number of carbonyl (C=O) groups is 1. The van der Waals surface area contributed by atoms with Crippen LogP contribution in [0.1, 0.15) is 44.4 Å². The molecule has 19 heavy (non-hydrogen) atoms. The van der Waals surface area contributed by atoms with E-state index in [9.17, 15) is 4.79 Å². The lowest BCUT2D eigenvalue weighted by Gasteiger charge is -2.32. The Morgan fingerprint density at radius 2 is 2.05 bits per heavy atom. The van der Waals surface area contributed by atoms with Gasteiger partial charge in [0.1, 0.15) is 0 Å². The predicted octanol–water partition coefficient (Wildman–Crippen LogP) is 2.42. The topological polar surface area (TPSA) is 41.1 Å². The first-order valence-corrected chi connectivity index (χ1v) is 8.04. The van der Waals surface area contributed by atoms with Crippen LogP contribution in [0.4, 0.5) is 0 Å². The Labute approximate surface area is 118 Å². The maximum atomic E-state index is 12.5. The number of amides is 1. The van der Waals surface area contributed by atoms with Gasteiger partial charge < -0.3 is 10.6 Å². The molecule has 2 aliphatic heterocycles. The molecule has 1 amide bonds. The van der Waals surface area contributed by atoms with E-state index < -0.39 is 5.41 Å². The van der Waals surface area contributed by atoms with E-state index in [-0.39, 0.29) is 5.91 Å². The van der Waals surface area contributed by atoms with Gasteiger partial charge in [0.15, 0.2) is 0 Å². The fraction of sp³-hybridized carbons (Fsp3) is 0.667. The van der Waals surface area contributed by atoms with Crippen molar-refractivity contribution in [1.82, 2.24) is 10.6 Å². The summed E-state index contributed by atoms with van der Waals surface area (Å²) in [4.78, 5) is 13.7. The Bertz CT molecular complexity index is 443. The summed E-state index contributed by atoms with van der Waals surface area (Å²) in [5, 5.41) is 8.92. The molecule has 2 aliphatic rings. The van der Waals surface area contributed by atoms with Gasteiger partial charge in [0, 0.05) is 23.0 Å². The summed E-state index contributed by atoms with van der Waals surface area (Å²) in [6.07, 6.45) is 4.71. The van der Waals surface area contributed by atoms with Gasteiger partial charge in [-0.2, -0.15) is 0 Å². The molecule has 1 aromatic heterocycles. The fourth-order valence-corrected chi connectivity index (χ4v) is 4.14. The van der Waals surface area contributed by atoms with Gasteiger partial charge in [-0.15, -0.1) is 11.3 Å². The van der Waals surface area contributed by atoms with Crippen LogP contribution in [-0.2, 0) is 10.2 Å². The van der Waals surface area contributed by atoms with Crippen LogP contribution >= 0.6 is 11.3 Å². The van der Waals surface area contributed by atoms with Gasteiger partial charge in [-0.3, -0.25) is 4.79 Å². The van der Waals surface area contributed by atoms with Gasteiger partial charge in [-0.05, 0) is 51.0 Å². The lowest BCUT2D eigenvalue weighted by molar-refractivity contribution is -0.126. The third-order valence-electron chi connectivity index (χ3n) is 4.51. The summed E-state index contributed by atoms with van der Waals surface area (Å²) in [5.41, 5.74) is -0.419. The maximum absolute atomic E-state index is 12.5. The average molecular weight is 278 g/mol. The maximum Gasteiger partial charge on any atom is 0.231 e. The molecule has 2 bridgehead atoms. The van der Waals surface area contributed by atoms with E-state index in [1.54, 1.807) is 11.3 Å². The number of thiophene rings is 1. The van der Waals surface area contributed by atoms with Crippen LogP contribution in [0.25, 0.3) is 0 Å². The molecule has 2 saturated heterocycles. The van der Waals surface area contributed by atoms with Gasteiger partial charge in [0.05, 0.1) is 5.41 Å². The van der Waals surface area contributed by atoms with Crippen molar-refractivity contribution in [3.8, 4) is 0 Å². The zero-order valence-electron chi connectivity index (χ0n) is 11.6. The van der Waals surface area contributed by atoms with E-state index in [0.717, 1.165) is 17.7 Å². The van der Waals surface area contributed by atoms with Crippen molar-refractivity contribution < 1.29 is 4.79 Å². The summed E-state index contributed by atoms with van der Waals surface area (Å²) >= 11 is 1.66. The first-order chi connectivity index (χ1) is 9.05. The highest BCUT2D eigenvalue weighted by Gasteiger charge is 2.37. The van der Waals surface area contributed by atoms with Gasteiger partial charge >= 0.3 is 0 Å². The average Bonchev–Trinajstić information content (AvgIpc) is 2.99. The second-order valence-corrected chi connectivity index (χ2v) is 7.33. The Morgan fingerprint density at radius 1 is 1.37 bits per heavy atom. The quantitative estimate of drug-likeness (QED) is 0.891. The minimum atomic E-state index is -0.419. The molecule has 3 rings (SSSR count). The largest absolute Gasteiger partial charge is 0.352 e. The minimum Gasteiger partial charge on any atom is -0.352 e. The van der Waals surface area contributed by atoms with Crippen LogP contribution in [-0.4, -0.2) is 24.0 Å². The van der Waals surface area contributed by atoms with Crippen molar-refractivity contribution in [3.05, 3.63) is 22.4 Å². The molecule has 0 spiro atoms. The summed E-state index contributed by atoms with van der Waals surface area (Å²) in [7, 11) is 0. The Morgan fingerprint density at radius 3 is 2.63 bits per heavy atom. The van der Waals surface area contributed by atoms with E-state index >= 15 is 0 Å². The molecular formula is C15H22N2OS. The van der Waals surface area contributed by atoms with Crippen LogP contribution in [0, 0.1) is 0 Å². The molecule has 2 fully saturated rings. The zero-order chi connectivity index (χ0) is 13.5. The highest BCUT2D eigenvalue weighted by Crippen LogP contribution is 2.30. The molecule has 3 nitrogen and oxygen atoms in total. The zero-order valence-corrected chi connectivity index (χ0v) is 12.4. The molecule has 0 aromatic carbocycles. The van der Waals surface area contributed by atoms with E-state index in [2.05, 4.69) is 16.7 Å². The number of hydrogen-bond donors (Lipinski definition) is 2. The second kappa shape index (κ2) is 4.91. The molecule has 2 N–H and O–H groups in total. The molecule has 0 radical (unpaired) electrons. The molecule has 2 atom stereocenters. The van der Waals surface area contributed by atoms with Crippen LogP contribution in [0.3, 0.4) is 0 Å². The number of carbonyl (C=O) groups excluding carboxylic acids is 1. The van der Waals surface area contributed by atoms with E-state index in [1.165, 1.54) is 12.8 Å². The molecule has 0 saturated carbocycles. The fourth-order valence-electron chi connectivity index (χ4n) is 3.29. The third kappa shape index (κ3) is 2.56. The predicted molar refractivity (Wildman–Crippen MR) is 78.5 cm³/mol. The smallest absolute Gasteiger partial charge is 0.231 e. The summed E-state index contributed by atoms with van der Waals surface area (Å²) in [6.45, 7) is 4.04. The summed E-state index contributed by atoms with van der Waals surface area (Å²) in [6, 6.07) is 5.66. The number of hydrogen-bond acceptors (Lipinski definition) is 3. The van der Waals surface area contributed by atoms with E-state index in [0.29, 0.717) is 18.1 Å². The van der Waals surface area contributed by atoms with E-state index in [1.807, 2.05) is 25.3 Å². The van der Waals surface area contributed by atoms with Crippen molar-refractivity contribution in [2.24, 2.45) is 0 Å². The SMILES string of the molecule is CC(C)(C(=O)NC1CC2CCC(C1)N2)c1cccs1. The van der Waals surface area contributed by atoms with Gasteiger partial charge in [0.2, 0.25) is 5.91 Å². The molecule has 1 aromatic rings. The monoisotopic (exact) mass is 278 g/mol. The molecule has 2 unspecified atom stereocenters. The molecular weight excluding hydrogens is 256 g/mol. The lowest BCUT2D eigenvalue weighted by atomic mass is 9.89. The van der Waals surface area contributed by atoms with Gasteiger partial charge in [0.25, 0.3) is 0 Å². The van der Waals surface area contributed by atoms with E-state index in [4.69, 9.17) is 0 Å². The molecule has 104 valence electrons. The second-order valence-electron chi connectivity index (χ2n) is 6.38. The minimum absolute atomic E-state index is 0.168. The number of fused-ring (bicyclic) bond motifs is 2. The first-order valence-electron chi connectivity index (χ1n) is 7.16. The Balaban J connectivity index is 1.65. The van der Waals surface area contributed by atoms with Crippen molar-refractivity contribution in [2.75, 3.05) is 0 Å². The number of piperidine rings is 1. The van der Waals surface area contributed by atoms with Crippen LogP contribution in [0.2, 0.25) is 0 Å². The number of rotatable bonds is 3. The standard InChI is InChI=1S/C15H22N2OS/c1-15(2,13-4-3-7-19-13)14(18)17-12-8-10-5-6-11(9-12)16-10/h3-4,7,10-12,16H,5-6,8-9H2,1-2H3,(H,17,18). The normalized spacial score (nSPS) is 30.3. The van der Waals surface area contributed by atoms with Crippen molar-refractivity contribution in [2.45, 2.75) is 63.1 Å².